The summed E-state index contributed by atoms with van der Waals surface area (Å²) in [5.41, 5.74) is 0. The van der Waals surface area contributed by atoms with Gasteiger partial charge in [-0.2, -0.15) is 0 Å². The first kappa shape index (κ1) is 71.4. The Bertz CT molecular complexity index is 1090. The van der Waals surface area contributed by atoms with E-state index >= 15 is 0 Å². The van der Waals surface area contributed by atoms with E-state index in [0.717, 1.165) is 57.8 Å². The Hall–Kier alpha value is -1.59. The Morgan fingerprint density at radius 2 is 0.370 bits per heavy atom. The molecule has 0 fully saturated rings. The fourth-order valence-corrected chi connectivity index (χ4v) is 10.6. The summed E-state index contributed by atoms with van der Waals surface area (Å²) < 4.78 is 17.0. The van der Waals surface area contributed by atoms with E-state index in [0.29, 0.717) is 19.3 Å². The zero-order chi connectivity index (χ0) is 52.9. The summed E-state index contributed by atoms with van der Waals surface area (Å²) in [7, 11) is 0. The van der Waals surface area contributed by atoms with Gasteiger partial charge in [-0.25, -0.2) is 0 Å². The number of unbranched alkanes of at least 4 members (excludes halogenated alkanes) is 52. The highest BCUT2D eigenvalue weighted by Gasteiger charge is 2.19. The third-order valence-electron chi connectivity index (χ3n) is 15.6. The van der Waals surface area contributed by atoms with E-state index in [1.165, 1.54) is 295 Å². The molecule has 0 aromatic carbocycles. The number of rotatable bonds is 63. The van der Waals surface area contributed by atoms with Crippen LogP contribution in [0.25, 0.3) is 0 Å². The van der Waals surface area contributed by atoms with E-state index in [1.807, 2.05) is 0 Å². The predicted molar refractivity (Wildman–Crippen MR) is 317 cm³/mol. The fraction of sp³-hybridized carbons (Fsp3) is 0.955. The number of hydrogen-bond donors (Lipinski definition) is 0. The first-order valence-corrected chi connectivity index (χ1v) is 33.5. The molecular weight excluding hydrogens is 901 g/mol. The van der Waals surface area contributed by atoms with Crippen LogP contribution in [0.3, 0.4) is 0 Å². The largest absolute Gasteiger partial charge is 0.462 e. The van der Waals surface area contributed by atoms with E-state index in [-0.39, 0.29) is 31.1 Å². The maximum Gasteiger partial charge on any atom is 0.306 e. The lowest BCUT2D eigenvalue weighted by molar-refractivity contribution is -0.167. The number of esters is 3. The molecule has 1 atom stereocenters. The minimum atomic E-state index is -0.763. The molecule has 0 aliphatic heterocycles. The average Bonchev–Trinajstić information content (AvgIpc) is 3.39. The summed E-state index contributed by atoms with van der Waals surface area (Å²) >= 11 is 0. The SMILES string of the molecule is CCCCCCCCCCCCCCCCCCCCCCC(=O)OCC(COC(=O)CCCCCCCCCCCCCCCCC)OC(=O)CCCCCCCCCCCCCCCCCCCCCC. The zero-order valence-electron chi connectivity index (χ0n) is 50.0. The molecule has 0 saturated carbocycles. The number of ether oxygens (including phenoxy) is 3. The molecule has 0 spiro atoms. The molecule has 0 rings (SSSR count). The summed E-state index contributed by atoms with van der Waals surface area (Å²) in [6.07, 6.45) is 72.6. The van der Waals surface area contributed by atoms with Crippen LogP contribution < -0.4 is 0 Å². The van der Waals surface area contributed by atoms with E-state index in [1.54, 1.807) is 0 Å². The third kappa shape index (κ3) is 61.1. The average molecular weight is 1030 g/mol. The molecule has 6 nitrogen and oxygen atoms in total. The second-order valence-electron chi connectivity index (χ2n) is 23.1. The second kappa shape index (κ2) is 62.9. The summed E-state index contributed by atoms with van der Waals surface area (Å²) in [6.45, 7) is 6.74. The van der Waals surface area contributed by atoms with Crippen molar-refractivity contribution in [1.82, 2.24) is 0 Å². The topological polar surface area (TPSA) is 78.9 Å². The van der Waals surface area contributed by atoms with Crippen molar-refractivity contribution in [2.24, 2.45) is 0 Å². The lowest BCUT2D eigenvalue weighted by Crippen LogP contribution is -2.30. The Kier molecular flexibility index (Phi) is 61.6. The lowest BCUT2D eigenvalue weighted by atomic mass is 10.0. The maximum absolute atomic E-state index is 12.9. The van der Waals surface area contributed by atoms with Gasteiger partial charge in [-0.3, -0.25) is 14.4 Å². The normalized spacial score (nSPS) is 11.9. The van der Waals surface area contributed by atoms with Gasteiger partial charge >= 0.3 is 17.9 Å². The summed E-state index contributed by atoms with van der Waals surface area (Å²) in [6, 6.07) is 0. The Morgan fingerprint density at radius 3 is 0.548 bits per heavy atom. The van der Waals surface area contributed by atoms with E-state index in [2.05, 4.69) is 20.8 Å². The number of carbonyl (C=O) groups excluding carboxylic acids is 3. The van der Waals surface area contributed by atoms with Gasteiger partial charge in [-0.05, 0) is 19.3 Å². The minimum absolute atomic E-state index is 0.0603. The molecule has 0 N–H and O–H groups in total. The molecule has 0 aliphatic rings. The molecule has 0 heterocycles. The molecule has 0 saturated heterocycles. The Morgan fingerprint density at radius 1 is 0.219 bits per heavy atom. The van der Waals surface area contributed by atoms with Gasteiger partial charge in [0.15, 0.2) is 6.10 Å². The van der Waals surface area contributed by atoms with Crippen molar-refractivity contribution < 1.29 is 28.6 Å². The third-order valence-corrected chi connectivity index (χ3v) is 15.6. The Labute approximate surface area is 457 Å². The van der Waals surface area contributed by atoms with Gasteiger partial charge < -0.3 is 14.2 Å². The van der Waals surface area contributed by atoms with Crippen molar-refractivity contribution in [3.05, 3.63) is 0 Å². The summed E-state index contributed by atoms with van der Waals surface area (Å²) in [4.78, 5) is 38.4. The first-order valence-electron chi connectivity index (χ1n) is 33.5. The predicted octanol–water partition coefficient (Wildman–Crippen LogP) is 22.7. The molecule has 434 valence electrons. The van der Waals surface area contributed by atoms with Crippen LogP contribution >= 0.6 is 0 Å². The molecule has 1 unspecified atom stereocenters. The van der Waals surface area contributed by atoms with Crippen LogP contribution in [0.1, 0.15) is 393 Å². The number of carbonyl (C=O) groups is 3. The minimum Gasteiger partial charge on any atom is -0.462 e. The van der Waals surface area contributed by atoms with Gasteiger partial charge in [0, 0.05) is 19.3 Å². The van der Waals surface area contributed by atoms with Crippen LogP contribution in [-0.2, 0) is 28.6 Å². The second-order valence-corrected chi connectivity index (χ2v) is 23.1. The molecule has 0 aromatic rings. The van der Waals surface area contributed by atoms with Gasteiger partial charge in [-0.1, -0.05) is 355 Å². The highest BCUT2D eigenvalue weighted by Crippen LogP contribution is 2.19. The zero-order valence-corrected chi connectivity index (χ0v) is 50.0. The molecular formula is C67H130O6. The van der Waals surface area contributed by atoms with Crippen LogP contribution in [-0.4, -0.2) is 37.2 Å². The van der Waals surface area contributed by atoms with Crippen LogP contribution in [0.2, 0.25) is 0 Å². The van der Waals surface area contributed by atoms with Crippen molar-refractivity contribution in [2.45, 2.75) is 399 Å². The Balaban J connectivity index is 4.26. The number of hydrogen-bond acceptors (Lipinski definition) is 6. The first-order chi connectivity index (χ1) is 36.0. The van der Waals surface area contributed by atoms with Gasteiger partial charge in [0.25, 0.3) is 0 Å². The monoisotopic (exact) mass is 1030 g/mol. The summed E-state index contributed by atoms with van der Waals surface area (Å²) in [5, 5.41) is 0. The fourth-order valence-electron chi connectivity index (χ4n) is 10.6. The van der Waals surface area contributed by atoms with E-state index in [4.69, 9.17) is 14.2 Å². The van der Waals surface area contributed by atoms with Gasteiger partial charge in [0.1, 0.15) is 13.2 Å². The lowest BCUT2D eigenvalue weighted by Gasteiger charge is -2.18. The molecule has 6 heteroatoms. The van der Waals surface area contributed by atoms with Crippen molar-refractivity contribution in [2.75, 3.05) is 13.2 Å². The standard InChI is InChI=1S/C67H130O6/c1-4-7-10-13-16-19-22-25-28-30-32-34-36-39-42-45-48-51-54-57-60-66(69)72-63-64(62-71-65(68)59-56-53-50-47-44-41-38-27-24-21-18-15-12-9-6-3)73-67(70)61-58-55-52-49-46-43-40-37-35-33-31-29-26-23-20-17-14-11-8-5-2/h64H,4-63H2,1-3H3. The molecule has 0 aliphatic carbocycles. The molecule has 0 radical (unpaired) electrons. The van der Waals surface area contributed by atoms with Gasteiger partial charge in [0.2, 0.25) is 0 Å². The van der Waals surface area contributed by atoms with Crippen molar-refractivity contribution in [3.8, 4) is 0 Å². The van der Waals surface area contributed by atoms with Crippen molar-refractivity contribution in [1.29, 1.82) is 0 Å². The van der Waals surface area contributed by atoms with Crippen LogP contribution in [0, 0.1) is 0 Å². The highest BCUT2D eigenvalue weighted by atomic mass is 16.6. The van der Waals surface area contributed by atoms with E-state index < -0.39 is 6.10 Å². The van der Waals surface area contributed by atoms with Gasteiger partial charge in [0.05, 0.1) is 0 Å². The molecule has 0 amide bonds. The van der Waals surface area contributed by atoms with Crippen LogP contribution in [0.4, 0.5) is 0 Å². The smallest absolute Gasteiger partial charge is 0.306 e. The van der Waals surface area contributed by atoms with Crippen molar-refractivity contribution >= 4 is 17.9 Å². The highest BCUT2D eigenvalue weighted by molar-refractivity contribution is 5.71. The quantitative estimate of drug-likeness (QED) is 0.0343. The summed E-state index contributed by atoms with van der Waals surface area (Å²) in [5.74, 6) is -0.821. The maximum atomic E-state index is 12.9. The van der Waals surface area contributed by atoms with Crippen LogP contribution in [0.5, 0.6) is 0 Å². The molecule has 0 bridgehead atoms. The van der Waals surface area contributed by atoms with E-state index in [9.17, 15) is 14.4 Å². The van der Waals surface area contributed by atoms with Gasteiger partial charge in [-0.15, -0.1) is 0 Å². The molecule has 0 aromatic heterocycles. The molecule has 73 heavy (non-hydrogen) atoms. The van der Waals surface area contributed by atoms with Crippen molar-refractivity contribution in [3.63, 3.8) is 0 Å². The van der Waals surface area contributed by atoms with Crippen LogP contribution in [0.15, 0.2) is 0 Å².